The van der Waals surface area contributed by atoms with Crippen molar-refractivity contribution in [3.63, 3.8) is 0 Å². The summed E-state index contributed by atoms with van der Waals surface area (Å²) < 4.78 is 28.9. The van der Waals surface area contributed by atoms with Crippen LogP contribution in [0.3, 0.4) is 0 Å². The fourth-order valence-corrected chi connectivity index (χ4v) is 14.7. The Morgan fingerprint density at radius 3 is 1.83 bits per heavy atom. The summed E-state index contributed by atoms with van der Waals surface area (Å²) in [4.78, 5) is 28.7. The molecule has 3 aliphatic carbocycles. The first-order valence-electron chi connectivity index (χ1n) is 22.2. The summed E-state index contributed by atoms with van der Waals surface area (Å²) in [6.45, 7) is 14.5. The molecule has 2 bridgehead atoms. The molecule has 0 amide bonds. The van der Waals surface area contributed by atoms with Gasteiger partial charge in [0.05, 0.1) is 12.4 Å². The van der Waals surface area contributed by atoms with Crippen LogP contribution in [0.5, 0.6) is 0 Å². The summed E-state index contributed by atoms with van der Waals surface area (Å²) in [5.74, 6) is -0.228. The molecule has 3 saturated carbocycles. The van der Waals surface area contributed by atoms with Gasteiger partial charge < -0.3 is 20.7 Å². The first-order valence-corrected chi connectivity index (χ1v) is 24.6. The van der Waals surface area contributed by atoms with Gasteiger partial charge in [-0.05, 0) is 80.8 Å². The molecule has 5 fully saturated rings. The van der Waals surface area contributed by atoms with E-state index in [0.29, 0.717) is 12.8 Å². The van der Waals surface area contributed by atoms with Crippen molar-refractivity contribution >= 4 is 45.0 Å². The zero-order valence-electron chi connectivity index (χ0n) is 37.8. The maximum Gasteiger partial charge on any atom is 0.335 e. The van der Waals surface area contributed by atoms with E-state index in [4.69, 9.17) is 38.5 Å². The lowest BCUT2D eigenvalue weighted by molar-refractivity contribution is -0.153. The second-order valence-corrected chi connectivity index (χ2v) is 23.0. The summed E-state index contributed by atoms with van der Waals surface area (Å²) in [5.41, 5.74) is 11.1. The number of ether oxygens (including phenoxy) is 1. The molecule has 4 aromatic carbocycles. The molecule has 0 radical (unpaired) electrons. The molecule has 13 heteroatoms. The molecule has 2 spiro atoms. The van der Waals surface area contributed by atoms with E-state index in [1.807, 2.05) is 50.2 Å². The largest absolute Gasteiger partial charge is 0.464 e. The lowest BCUT2D eigenvalue weighted by atomic mass is 9.68. The van der Waals surface area contributed by atoms with Crippen LogP contribution < -0.4 is 5.73 Å². The van der Waals surface area contributed by atoms with Gasteiger partial charge in [0.15, 0.2) is 16.2 Å². The van der Waals surface area contributed by atoms with Crippen molar-refractivity contribution in [2.24, 2.45) is 28.4 Å². The Morgan fingerprint density at radius 2 is 1.38 bits per heavy atom. The van der Waals surface area contributed by atoms with E-state index in [1.54, 1.807) is 6.92 Å². The van der Waals surface area contributed by atoms with Gasteiger partial charge in [0.25, 0.3) is 0 Å². The topological polar surface area (TPSA) is 160 Å². The summed E-state index contributed by atoms with van der Waals surface area (Å²) in [6, 6.07) is 36.9. The van der Waals surface area contributed by atoms with E-state index in [9.17, 15) is 28.2 Å². The first-order chi connectivity index (χ1) is 30.0. The Bertz CT molecular complexity index is 2420. The third kappa shape index (κ3) is 8.16. The molecular weight excluding hydrogens is 872 g/mol. The van der Waals surface area contributed by atoms with Crippen molar-refractivity contribution in [2.45, 2.75) is 120 Å². The van der Waals surface area contributed by atoms with Gasteiger partial charge in [0.2, 0.25) is 15.7 Å². The van der Waals surface area contributed by atoms with E-state index in [-0.39, 0.29) is 58.7 Å². The van der Waals surface area contributed by atoms with Gasteiger partial charge in [-0.25, -0.2) is 13.2 Å². The molecule has 344 valence electrons. The summed E-state index contributed by atoms with van der Waals surface area (Å²) in [6.07, 6.45) is 0.939. The van der Waals surface area contributed by atoms with Crippen LogP contribution in [-0.4, -0.2) is 75.5 Å². The number of halogens is 2. The van der Waals surface area contributed by atoms with Crippen molar-refractivity contribution in [1.82, 2.24) is 4.47 Å². The molecule has 0 aromatic heterocycles. The number of carbonyl (C=O) groups is 2. The number of aliphatic hydroxyl groups excluding tert-OH is 2. The van der Waals surface area contributed by atoms with Gasteiger partial charge in [0, 0.05) is 35.6 Å². The molecule has 4 N–H and O–H groups in total. The van der Waals surface area contributed by atoms with Crippen molar-refractivity contribution < 1.29 is 37.8 Å². The van der Waals surface area contributed by atoms with Crippen molar-refractivity contribution in [2.75, 3.05) is 12.4 Å². The second kappa shape index (κ2) is 17.5. The lowest BCUT2D eigenvalue weighted by Gasteiger charge is -2.36. The van der Waals surface area contributed by atoms with Gasteiger partial charge in [-0.2, -0.15) is 0 Å². The van der Waals surface area contributed by atoms with Crippen molar-refractivity contribution in [1.29, 1.82) is 0 Å². The van der Waals surface area contributed by atoms with Gasteiger partial charge in [-0.3, -0.25) is 9.63 Å². The van der Waals surface area contributed by atoms with Crippen LogP contribution in [0.1, 0.15) is 91.7 Å². The van der Waals surface area contributed by atoms with Crippen LogP contribution in [0, 0.1) is 22.7 Å². The van der Waals surface area contributed by atoms with Crippen molar-refractivity contribution in [3.8, 4) is 22.3 Å². The van der Waals surface area contributed by atoms with Crippen LogP contribution in [0.2, 0.25) is 0 Å². The van der Waals surface area contributed by atoms with Gasteiger partial charge in [0.1, 0.15) is 6.10 Å². The minimum Gasteiger partial charge on any atom is -0.464 e. The van der Waals surface area contributed by atoms with Crippen LogP contribution in [0.25, 0.3) is 22.3 Å². The van der Waals surface area contributed by atoms with E-state index in [1.165, 1.54) is 16.7 Å². The molecule has 9 rings (SSSR count). The van der Waals surface area contributed by atoms with Crippen LogP contribution in [-0.2, 0) is 40.0 Å². The first kappa shape index (κ1) is 48.3. The number of hydrogen-bond acceptors (Lipinski definition) is 9. The highest BCUT2D eigenvalue weighted by molar-refractivity contribution is 7.89. The number of aliphatic hydroxyl groups is 2. The molecule has 2 aliphatic heterocycles. The molecule has 64 heavy (non-hydrogen) atoms. The zero-order chi connectivity index (χ0) is 46.7. The van der Waals surface area contributed by atoms with Crippen LogP contribution >= 0.6 is 23.2 Å². The smallest absolute Gasteiger partial charge is 0.335 e. The number of nitrogens with zero attached hydrogens (tertiary/aromatic N) is 1. The molecule has 2 saturated heterocycles. The molecule has 1 unspecified atom stereocenters. The highest BCUT2D eigenvalue weighted by Gasteiger charge is 2.97. The fourth-order valence-electron chi connectivity index (χ4n) is 10.9. The molecule has 8 atom stereocenters. The number of nitrogens with two attached hydrogens (primary N) is 1. The Balaban J connectivity index is 0.000000146. The number of alkyl halides is 2. The maximum atomic E-state index is 12.1. The lowest BCUT2D eigenvalue weighted by Crippen LogP contribution is -2.48. The third-order valence-electron chi connectivity index (χ3n) is 15.4. The normalized spacial score (nSPS) is 28.7. The monoisotopic (exact) mass is 932 g/mol. The predicted molar refractivity (Wildman–Crippen MR) is 252 cm³/mol. The number of hydroxylamine groups is 1. The predicted octanol–water partition coefficient (Wildman–Crippen LogP) is 9.13. The standard InChI is InChI=1S/C21H27NO3.C20H22O2.C10H13Cl2NO3S/c1-4-25-20(24)18(23)14-19(22)21(2,3)17-12-10-16(11-13-17)15-8-6-5-7-9-15;1-20(2,17-12-18(21)19(22)13-17)16-10-8-15(9-11-16)14-6-4-3-5-7-14;1-7(2)6-3-4-8(7)5-17(14,15)13-10(8,16-13)9(6,11)12/h5-13,18-19,23H,4,14,22H2,1-3H3;3-11,17-18,21H,12-13H2,1-2H3;6H,3-5H2,1-2H3/t18-,19+;17-,18-;6-,8-,10+,13?/m110/s1. The van der Waals surface area contributed by atoms with Crippen molar-refractivity contribution in [3.05, 3.63) is 120 Å². The number of sulfonamides is 1. The minimum atomic E-state index is -3.36. The SMILES string of the molecule is CC(C)(c1ccc(-c2ccccc2)cc1)[C@H]1CC(=O)[C@H](O)C1.CC1(C)[C@@H]2CC[C@]13CS(=O)(=O)N1O[C@]13C2(Cl)Cl.CCOC(=O)[C@H](O)C[C@H](N)C(C)(C)c1ccc(-c2ccccc2)cc1. The van der Waals surface area contributed by atoms with Gasteiger partial charge in [-0.1, -0.05) is 174 Å². The Labute approximate surface area is 388 Å². The Hall–Kier alpha value is -3.65. The molecule has 2 heterocycles. The number of Topliss-reactive ketones (excluding diaryl/α,β-unsaturated/α-hetero) is 1. The third-order valence-corrected chi connectivity index (χ3v) is 18.1. The summed E-state index contributed by atoms with van der Waals surface area (Å²) in [7, 11) is -3.36. The second-order valence-electron chi connectivity index (χ2n) is 19.8. The van der Waals surface area contributed by atoms with Crippen LogP contribution in [0.4, 0.5) is 0 Å². The van der Waals surface area contributed by atoms with E-state index >= 15 is 0 Å². The highest BCUT2D eigenvalue weighted by atomic mass is 35.5. The number of ketones is 1. The van der Waals surface area contributed by atoms with E-state index in [0.717, 1.165) is 34.0 Å². The van der Waals surface area contributed by atoms with Crippen LogP contribution in [0.15, 0.2) is 109 Å². The number of fused-ring (bicyclic) bond motifs is 1. The van der Waals surface area contributed by atoms with E-state index in [2.05, 4.69) is 100 Å². The number of carbonyl (C=O) groups excluding carboxylic acids is 2. The quantitative estimate of drug-likeness (QED) is 0.0801. The number of benzene rings is 4. The zero-order valence-corrected chi connectivity index (χ0v) is 40.1. The Morgan fingerprint density at radius 1 is 0.875 bits per heavy atom. The average Bonchev–Trinajstić information content (AvgIpc) is 3.79. The fraction of sp³-hybridized carbons (Fsp3) is 0.490. The molecule has 10 nitrogen and oxygen atoms in total. The summed E-state index contributed by atoms with van der Waals surface area (Å²) >= 11 is 13.0. The minimum absolute atomic E-state index is 0.0148. The number of esters is 1. The molecule has 5 aliphatic rings. The maximum absolute atomic E-state index is 12.1. The molecular formula is C51H62Cl2N2O8S. The van der Waals surface area contributed by atoms with Gasteiger partial charge in [-0.15, -0.1) is 0 Å². The number of hydrogen-bond donors (Lipinski definition) is 3. The molecule has 4 aromatic rings. The number of rotatable bonds is 10. The highest BCUT2D eigenvalue weighted by Crippen LogP contribution is 2.85. The summed E-state index contributed by atoms with van der Waals surface area (Å²) in [5, 5.41) is 19.7. The van der Waals surface area contributed by atoms with E-state index < -0.39 is 43.7 Å². The Kier molecular flexibility index (Phi) is 13.2. The van der Waals surface area contributed by atoms with Gasteiger partial charge >= 0.3 is 5.97 Å². The average molecular weight is 934 g/mol.